The molecule has 5 nitrogen and oxygen atoms in total. The van der Waals surface area contributed by atoms with Crippen molar-refractivity contribution in [2.45, 2.75) is 51.6 Å². The molecule has 0 radical (unpaired) electrons. The maximum Gasteiger partial charge on any atom is 0.191 e. The van der Waals surface area contributed by atoms with Crippen LogP contribution < -0.4 is 10.6 Å². The number of rotatable bonds is 5. The van der Waals surface area contributed by atoms with Crippen LogP contribution in [0.1, 0.15) is 41.8 Å². The van der Waals surface area contributed by atoms with Gasteiger partial charge in [0.1, 0.15) is 11.6 Å². The first-order valence-corrected chi connectivity index (χ1v) is 9.24. The summed E-state index contributed by atoms with van der Waals surface area (Å²) in [6.45, 7) is 6.16. The standard InChI is InChI=1S/C20H27F2N5/c1-11(9-14-12(2)26-27(5)13(14)3)24-20(23-4)25-18-10-15(18)19-16(21)7-6-8-17(19)22/h6-8,11,15,18H,9-10H2,1-5H3,(H2,23,24,25). The molecule has 1 fully saturated rings. The lowest BCUT2D eigenvalue weighted by Crippen LogP contribution is -2.44. The third-order valence-electron chi connectivity index (χ3n) is 5.26. The lowest BCUT2D eigenvalue weighted by molar-refractivity contribution is 0.553. The minimum atomic E-state index is -0.483. The van der Waals surface area contributed by atoms with Crippen LogP contribution in [0.25, 0.3) is 0 Å². The van der Waals surface area contributed by atoms with E-state index in [1.807, 2.05) is 18.7 Å². The van der Waals surface area contributed by atoms with Crippen LogP contribution >= 0.6 is 0 Å². The van der Waals surface area contributed by atoms with Gasteiger partial charge in [-0.1, -0.05) is 6.07 Å². The van der Waals surface area contributed by atoms with Gasteiger partial charge < -0.3 is 10.6 Å². The molecule has 3 unspecified atom stereocenters. The van der Waals surface area contributed by atoms with E-state index >= 15 is 0 Å². The molecule has 3 rings (SSSR count). The highest BCUT2D eigenvalue weighted by Crippen LogP contribution is 2.43. The van der Waals surface area contributed by atoms with E-state index in [1.165, 1.54) is 23.8 Å². The van der Waals surface area contributed by atoms with Crippen molar-refractivity contribution in [3.8, 4) is 0 Å². The number of hydrogen-bond acceptors (Lipinski definition) is 2. The molecule has 0 amide bonds. The molecular weight excluding hydrogens is 348 g/mol. The molecule has 0 saturated heterocycles. The molecule has 7 heteroatoms. The lowest BCUT2D eigenvalue weighted by atomic mass is 10.1. The van der Waals surface area contributed by atoms with Crippen LogP contribution in [0.3, 0.4) is 0 Å². The van der Waals surface area contributed by atoms with E-state index in [4.69, 9.17) is 0 Å². The van der Waals surface area contributed by atoms with Crippen molar-refractivity contribution < 1.29 is 8.78 Å². The first-order chi connectivity index (χ1) is 12.8. The zero-order valence-electron chi connectivity index (χ0n) is 16.5. The number of aryl methyl sites for hydroxylation is 2. The first-order valence-electron chi connectivity index (χ1n) is 9.24. The van der Waals surface area contributed by atoms with E-state index < -0.39 is 11.6 Å². The van der Waals surface area contributed by atoms with Crippen molar-refractivity contribution >= 4 is 5.96 Å². The van der Waals surface area contributed by atoms with E-state index in [2.05, 4.69) is 34.6 Å². The monoisotopic (exact) mass is 375 g/mol. The lowest BCUT2D eigenvalue weighted by Gasteiger charge is -2.18. The van der Waals surface area contributed by atoms with Crippen molar-refractivity contribution in [1.29, 1.82) is 0 Å². The smallest absolute Gasteiger partial charge is 0.191 e. The molecule has 3 atom stereocenters. The molecule has 2 N–H and O–H groups in total. The van der Waals surface area contributed by atoms with Gasteiger partial charge in [0.15, 0.2) is 5.96 Å². The van der Waals surface area contributed by atoms with Gasteiger partial charge in [-0.25, -0.2) is 8.78 Å². The molecule has 27 heavy (non-hydrogen) atoms. The average molecular weight is 375 g/mol. The molecule has 0 bridgehead atoms. The number of benzene rings is 1. The van der Waals surface area contributed by atoms with Crippen LogP contribution in [-0.2, 0) is 13.5 Å². The molecule has 1 aromatic heterocycles. The summed E-state index contributed by atoms with van der Waals surface area (Å²) in [6.07, 6.45) is 1.51. The number of aromatic nitrogens is 2. The Morgan fingerprint density at radius 1 is 1.33 bits per heavy atom. The van der Waals surface area contributed by atoms with E-state index in [9.17, 15) is 8.78 Å². The zero-order chi connectivity index (χ0) is 19.7. The summed E-state index contributed by atoms with van der Waals surface area (Å²) < 4.78 is 29.8. The second kappa shape index (κ2) is 7.66. The Morgan fingerprint density at radius 3 is 2.56 bits per heavy atom. The van der Waals surface area contributed by atoms with Crippen LogP contribution in [0.2, 0.25) is 0 Å². The number of hydrogen-bond donors (Lipinski definition) is 2. The van der Waals surface area contributed by atoms with Crippen molar-refractivity contribution in [1.82, 2.24) is 20.4 Å². The number of halogens is 2. The highest BCUT2D eigenvalue weighted by molar-refractivity contribution is 5.80. The van der Waals surface area contributed by atoms with Crippen LogP contribution in [0.15, 0.2) is 23.2 Å². The summed E-state index contributed by atoms with van der Waals surface area (Å²) in [5, 5.41) is 11.1. The van der Waals surface area contributed by atoms with Crippen molar-refractivity contribution in [2.24, 2.45) is 12.0 Å². The molecule has 1 aromatic carbocycles. The summed E-state index contributed by atoms with van der Waals surface area (Å²) in [6, 6.07) is 4.13. The Morgan fingerprint density at radius 2 is 2.00 bits per heavy atom. The van der Waals surface area contributed by atoms with Crippen molar-refractivity contribution in [3.05, 3.63) is 52.3 Å². The second-order valence-electron chi connectivity index (χ2n) is 7.32. The van der Waals surface area contributed by atoms with Gasteiger partial charge in [-0.2, -0.15) is 5.10 Å². The van der Waals surface area contributed by atoms with E-state index in [0.717, 1.165) is 17.8 Å². The van der Waals surface area contributed by atoms with Crippen LogP contribution in [0.5, 0.6) is 0 Å². The van der Waals surface area contributed by atoms with Crippen molar-refractivity contribution in [2.75, 3.05) is 7.05 Å². The molecule has 1 aliphatic carbocycles. The van der Waals surface area contributed by atoms with Gasteiger partial charge in [0.05, 0.1) is 5.69 Å². The van der Waals surface area contributed by atoms with E-state index in [-0.39, 0.29) is 23.6 Å². The maximum absolute atomic E-state index is 13.9. The summed E-state index contributed by atoms with van der Waals surface area (Å²) in [7, 11) is 3.64. The fraction of sp³-hybridized carbons (Fsp3) is 0.500. The summed E-state index contributed by atoms with van der Waals surface area (Å²) in [4.78, 5) is 4.26. The van der Waals surface area contributed by atoms with Gasteiger partial charge in [0, 0.05) is 43.4 Å². The molecule has 2 aromatic rings. The van der Waals surface area contributed by atoms with E-state index in [0.29, 0.717) is 12.4 Å². The Labute approximate surface area is 158 Å². The first kappa shape index (κ1) is 19.3. The van der Waals surface area contributed by atoms with Crippen LogP contribution in [0.4, 0.5) is 8.78 Å². The quantitative estimate of drug-likeness (QED) is 0.624. The summed E-state index contributed by atoms with van der Waals surface area (Å²) in [5.41, 5.74) is 3.58. The predicted molar refractivity (Wildman–Crippen MR) is 103 cm³/mol. The Kier molecular flexibility index (Phi) is 5.48. The SMILES string of the molecule is CN=C(NC(C)Cc1c(C)nn(C)c1C)NC1CC1c1c(F)cccc1F. The van der Waals surface area contributed by atoms with E-state index in [1.54, 1.807) is 7.05 Å². The molecule has 1 aliphatic rings. The Hall–Kier alpha value is -2.44. The predicted octanol–water partition coefficient (Wildman–Crippen LogP) is 2.97. The largest absolute Gasteiger partial charge is 0.354 e. The molecule has 146 valence electrons. The maximum atomic E-state index is 13.9. The minimum absolute atomic E-state index is 0.0170. The second-order valence-corrected chi connectivity index (χ2v) is 7.32. The fourth-order valence-electron chi connectivity index (χ4n) is 3.59. The number of aliphatic imine (C=N–C) groups is 1. The topological polar surface area (TPSA) is 54.2 Å². The summed E-state index contributed by atoms with van der Waals surface area (Å²) >= 11 is 0. The Bertz CT molecular complexity index is 838. The average Bonchev–Trinajstić information content (AvgIpc) is 3.31. The summed E-state index contributed by atoms with van der Waals surface area (Å²) in [5.74, 6) is -0.486. The fourth-order valence-corrected chi connectivity index (χ4v) is 3.59. The van der Waals surface area contributed by atoms with Gasteiger partial charge in [-0.15, -0.1) is 0 Å². The highest BCUT2D eigenvalue weighted by Gasteiger charge is 2.42. The number of guanidine groups is 1. The van der Waals surface area contributed by atoms with Gasteiger partial charge >= 0.3 is 0 Å². The molecule has 0 spiro atoms. The molecule has 0 aliphatic heterocycles. The molecule has 1 saturated carbocycles. The third kappa shape index (κ3) is 4.12. The zero-order valence-corrected chi connectivity index (χ0v) is 16.5. The normalized spacial score (nSPS) is 20.5. The van der Waals surface area contributed by atoms with Gasteiger partial charge in [0.25, 0.3) is 0 Å². The van der Waals surface area contributed by atoms with Crippen LogP contribution in [-0.4, -0.2) is 34.9 Å². The third-order valence-corrected chi connectivity index (χ3v) is 5.26. The van der Waals surface area contributed by atoms with Gasteiger partial charge in [-0.3, -0.25) is 9.67 Å². The van der Waals surface area contributed by atoms with Gasteiger partial charge in [-0.05, 0) is 51.3 Å². The highest BCUT2D eigenvalue weighted by atomic mass is 19.1. The Balaban J connectivity index is 1.59. The van der Waals surface area contributed by atoms with Crippen molar-refractivity contribution in [3.63, 3.8) is 0 Å². The number of nitrogens with one attached hydrogen (secondary N) is 2. The minimum Gasteiger partial charge on any atom is -0.354 e. The molecule has 1 heterocycles. The number of nitrogens with zero attached hydrogens (tertiary/aromatic N) is 3. The van der Waals surface area contributed by atoms with Gasteiger partial charge in [0.2, 0.25) is 0 Å². The van der Waals surface area contributed by atoms with Crippen LogP contribution in [0, 0.1) is 25.5 Å². The molecular formula is C20H27F2N5.